The van der Waals surface area contributed by atoms with Crippen LogP contribution in [0.4, 0.5) is 0 Å². The molecule has 1 heterocycles. The fraction of sp³-hybridized carbons (Fsp3) is 0.333. The zero-order valence-corrected chi connectivity index (χ0v) is 13.4. The number of imidazole rings is 1. The summed E-state index contributed by atoms with van der Waals surface area (Å²) >= 11 is 0. The van der Waals surface area contributed by atoms with Crippen molar-refractivity contribution in [2.75, 3.05) is 12.3 Å². The van der Waals surface area contributed by atoms with Gasteiger partial charge in [0.05, 0.1) is 17.6 Å². The molecule has 1 N–H and O–H groups in total. The van der Waals surface area contributed by atoms with Crippen LogP contribution in [0.15, 0.2) is 41.7 Å². The van der Waals surface area contributed by atoms with E-state index in [0.717, 1.165) is 11.3 Å². The van der Waals surface area contributed by atoms with E-state index in [4.69, 9.17) is 0 Å². The molecule has 0 aliphatic heterocycles. The first kappa shape index (κ1) is 16.2. The van der Waals surface area contributed by atoms with Crippen LogP contribution in [0.5, 0.6) is 0 Å². The molecule has 0 radical (unpaired) electrons. The number of amides is 1. The van der Waals surface area contributed by atoms with E-state index in [0.29, 0.717) is 13.0 Å². The molecule has 0 spiro atoms. The van der Waals surface area contributed by atoms with Crippen molar-refractivity contribution in [2.45, 2.75) is 18.5 Å². The maximum absolute atomic E-state index is 12.3. The number of carbonyl (C=O) groups is 1. The molecular weight excluding hydrogens is 302 g/mol. The molecule has 0 aliphatic rings. The van der Waals surface area contributed by atoms with Crippen LogP contribution in [0.1, 0.15) is 13.3 Å². The second-order valence-electron chi connectivity index (χ2n) is 5.01. The lowest BCUT2D eigenvalue weighted by atomic mass is 10.2. The van der Waals surface area contributed by atoms with E-state index in [2.05, 4.69) is 10.3 Å². The third kappa shape index (κ3) is 3.73. The van der Waals surface area contributed by atoms with Crippen molar-refractivity contribution in [2.24, 2.45) is 7.05 Å². The van der Waals surface area contributed by atoms with Gasteiger partial charge < -0.3 is 9.88 Å². The smallest absolute Gasteiger partial charge is 0.227 e. The summed E-state index contributed by atoms with van der Waals surface area (Å²) < 4.78 is 26.3. The Morgan fingerprint density at radius 2 is 1.95 bits per heavy atom. The normalized spacial score (nSPS) is 11.4. The number of sulfone groups is 1. The lowest BCUT2D eigenvalue weighted by Crippen LogP contribution is -2.23. The zero-order chi connectivity index (χ0) is 16.2. The highest BCUT2D eigenvalue weighted by molar-refractivity contribution is 7.91. The molecule has 0 saturated carbocycles. The molecule has 0 bridgehead atoms. The monoisotopic (exact) mass is 321 g/mol. The maximum atomic E-state index is 12.3. The van der Waals surface area contributed by atoms with Gasteiger partial charge in [0.25, 0.3) is 0 Å². The first-order valence-electron chi connectivity index (χ1n) is 6.96. The summed E-state index contributed by atoms with van der Waals surface area (Å²) in [5, 5.41) is 2.63. The van der Waals surface area contributed by atoms with Crippen molar-refractivity contribution in [1.29, 1.82) is 0 Å². The Labute approximate surface area is 130 Å². The van der Waals surface area contributed by atoms with Gasteiger partial charge in [-0.1, -0.05) is 30.3 Å². The van der Waals surface area contributed by atoms with Gasteiger partial charge in [-0.25, -0.2) is 13.4 Å². The van der Waals surface area contributed by atoms with E-state index < -0.39 is 9.84 Å². The summed E-state index contributed by atoms with van der Waals surface area (Å²) in [4.78, 5) is 14.8. The second-order valence-corrected chi connectivity index (χ2v) is 7.01. The molecular formula is C15H19N3O3S. The van der Waals surface area contributed by atoms with Crippen molar-refractivity contribution >= 4 is 15.7 Å². The van der Waals surface area contributed by atoms with E-state index >= 15 is 0 Å². The summed E-state index contributed by atoms with van der Waals surface area (Å²) in [6.07, 6.45) is 1.92. The molecule has 22 heavy (non-hydrogen) atoms. The van der Waals surface area contributed by atoms with Gasteiger partial charge in [-0.2, -0.15) is 0 Å². The van der Waals surface area contributed by atoms with Gasteiger partial charge in [0.1, 0.15) is 0 Å². The van der Waals surface area contributed by atoms with Crippen LogP contribution in [0.2, 0.25) is 0 Å². The van der Waals surface area contributed by atoms with Gasteiger partial charge in [0.15, 0.2) is 0 Å². The van der Waals surface area contributed by atoms with Crippen LogP contribution in [-0.4, -0.2) is 36.2 Å². The van der Waals surface area contributed by atoms with E-state index in [9.17, 15) is 13.2 Å². The summed E-state index contributed by atoms with van der Waals surface area (Å²) in [5.41, 5.74) is 1.67. The SMILES string of the molecule is CC(=O)NCCCS(=O)(=O)c1ncc(-c2ccccc2)n1C. The van der Waals surface area contributed by atoms with Crippen LogP contribution in [0, 0.1) is 0 Å². The Kier molecular flexibility index (Phi) is 4.97. The summed E-state index contributed by atoms with van der Waals surface area (Å²) in [6, 6.07) is 9.50. The number of hydrogen-bond acceptors (Lipinski definition) is 4. The van der Waals surface area contributed by atoms with Gasteiger partial charge in [-0.05, 0) is 12.0 Å². The molecule has 1 aromatic heterocycles. The van der Waals surface area contributed by atoms with Crippen molar-refractivity contribution in [1.82, 2.24) is 14.9 Å². The van der Waals surface area contributed by atoms with Gasteiger partial charge in [-0.3, -0.25) is 4.79 Å². The molecule has 7 heteroatoms. The fourth-order valence-corrected chi connectivity index (χ4v) is 3.61. The largest absolute Gasteiger partial charge is 0.356 e. The third-order valence-corrected chi connectivity index (χ3v) is 5.02. The molecule has 0 saturated heterocycles. The predicted octanol–water partition coefficient (Wildman–Crippen LogP) is 1.39. The molecule has 0 fully saturated rings. The van der Waals surface area contributed by atoms with Crippen LogP contribution < -0.4 is 5.32 Å². The van der Waals surface area contributed by atoms with Crippen molar-refractivity contribution < 1.29 is 13.2 Å². The lowest BCUT2D eigenvalue weighted by Gasteiger charge is -2.07. The average molecular weight is 321 g/mol. The Balaban J connectivity index is 2.15. The molecule has 0 atom stereocenters. The Hall–Kier alpha value is -2.15. The summed E-state index contributed by atoms with van der Waals surface area (Å²) in [5.74, 6) is -0.215. The molecule has 2 rings (SSSR count). The van der Waals surface area contributed by atoms with Gasteiger partial charge in [-0.15, -0.1) is 0 Å². The topological polar surface area (TPSA) is 81.1 Å². The number of rotatable bonds is 6. The Bertz CT molecular complexity index is 752. The Morgan fingerprint density at radius 1 is 1.27 bits per heavy atom. The van der Waals surface area contributed by atoms with Gasteiger partial charge in [0.2, 0.25) is 20.9 Å². The number of hydrogen-bond donors (Lipinski definition) is 1. The number of nitrogens with one attached hydrogen (secondary N) is 1. The Morgan fingerprint density at radius 3 is 2.59 bits per heavy atom. The van der Waals surface area contributed by atoms with Gasteiger partial charge >= 0.3 is 0 Å². The molecule has 2 aromatic rings. The van der Waals surface area contributed by atoms with Gasteiger partial charge in [0, 0.05) is 20.5 Å². The molecule has 6 nitrogen and oxygen atoms in total. The average Bonchev–Trinajstić information content (AvgIpc) is 2.87. The first-order valence-corrected chi connectivity index (χ1v) is 8.61. The van der Waals surface area contributed by atoms with E-state index in [1.807, 2.05) is 30.3 Å². The number of nitrogens with zero attached hydrogens (tertiary/aromatic N) is 2. The number of benzene rings is 1. The molecule has 1 amide bonds. The first-order chi connectivity index (χ1) is 10.4. The quantitative estimate of drug-likeness (QED) is 0.815. The second kappa shape index (κ2) is 6.74. The minimum absolute atomic E-state index is 0.0492. The van der Waals surface area contributed by atoms with Crippen LogP contribution in [-0.2, 0) is 21.7 Å². The summed E-state index contributed by atoms with van der Waals surface area (Å²) in [6.45, 7) is 1.74. The molecule has 0 unspecified atom stereocenters. The summed E-state index contributed by atoms with van der Waals surface area (Å²) in [7, 11) is -1.78. The van der Waals surface area contributed by atoms with Crippen molar-refractivity contribution in [3.05, 3.63) is 36.5 Å². The standard InChI is InChI=1S/C15H19N3O3S/c1-12(19)16-9-6-10-22(20,21)15-17-11-14(18(15)2)13-7-4-3-5-8-13/h3-5,7-8,11H,6,9-10H2,1-2H3,(H,16,19). The lowest BCUT2D eigenvalue weighted by molar-refractivity contribution is -0.118. The maximum Gasteiger partial charge on any atom is 0.227 e. The minimum Gasteiger partial charge on any atom is -0.356 e. The van der Waals surface area contributed by atoms with Crippen LogP contribution >= 0.6 is 0 Å². The van der Waals surface area contributed by atoms with Crippen LogP contribution in [0.3, 0.4) is 0 Å². The highest BCUT2D eigenvalue weighted by Crippen LogP contribution is 2.22. The number of aromatic nitrogens is 2. The van der Waals surface area contributed by atoms with Crippen molar-refractivity contribution in [3.8, 4) is 11.3 Å². The van der Waals surface area contributed by atoms with Crippen LogP contribution in [0.25, 0.3) is 11.3 Å². The highest BCUT2D eigenvalue weighted by Gasteiger charge is 2.21. The fourth-order valence-electron chi connectivity index (χ4n) is 2.18. The van der Waals surface area contributed by atoms with E-state index in [1.54, 1.807) is 17.8 Å². The van der Waals surface area contributed by atoms with E-state index in [1.165, 1.54) is 6.92 Å². The minimum atomic E-state index is -3.48. The van der Waals surface area contributed by atoms with Crippen molar-refractivity contribution in [3.63, 3.8) is 0 Å². The van der Waals surface area contributed by atoms with E-state index in [-0.39, 0.29) is 16.8 Å². The molecule has 1 aromatic carbocycles. The number of carbonyl (C=O) groups excluding carboxylic acids is 1. The third-order valence-electron chi connectivity index (χ3n) is 3.26. The predicted molar refractivity (Wildman–Crippen MR) is 84.0 cm³/mol. The molecule has 0 aliphatic carbocycles. The molecule has 118 valence electrons. The zero-order valence-electron chi connectivity index (χ0n) is 12.6. The highest BCUT2D eigenvalue weighted by atomic mass is 32.2.